The molecule has 2 aromatic heterocycles. The van der Waals surface area contributed by atoms with Crippen molar-refractivity contribution in [2.75, 3.05) is 5.32 Å². The van der Waals surface area contributed by atoms with E-state index in [1.54, 1.807) is 26.8 Å². The van der Waals surface area contributed by atoms with E-state index >= 15 is 0 Å². The van der Waals surface area contributed by atoms with Crippen LogP contribution in [0.4, 0.5) is 5.00 Å². The summed E-state index contributed by atoms with van der Waals surface area (Å²) in [5.74, 6) is -1.90. The highest BCUT2D eigenvalue weighted by Crippen LogP contribution is 2.34. The van der Waals surface area contributed by atoms with Crippen molar-refractivity contribution >= 4 is 45.7 Å². The SMILES string of the molecule is Cc1c(C(N)=O)sc(NC(=O)c2cccnc2Cl)c1C(=O)OC(C)C. The number of nitrogens with zero attached hydrogens (tertiary/aromatic N) is 1. The maximum Gasteiger partial charge on any atom is 0.341 e. The molecule has 0 atom stereocenters. The average Bonchev–Trinajstić information content (AvgIpc) is 2.83. The predicted octanol–water partition coefficient (Wildman–Crippen LogP) is 3.02. The maximum atomic E-state index is 12.4. The van der Waals surface area contributed by atoms with E-state index in [-0.39, 0.29) is 32.3 Å². The fourth-order valence-corrected chi connectivity index (χ4v) is 3.33. The van der Waals surface area contributed by atoms with Crippen LogP contribution in [0.1, 0.15) is 49.8 Å². The molecule has 0 bridgehead atoms. The third-order valence-electron chi connectivity index (χ3n) is 3.15. The van der Waals surface area contributed by atoms with Gasteiger partial charge in [-0.25, -0.2) is 9.78 Å². The Morgan fingerprint density at radius 2 is 2.04 bits per heavy atom. The summed E-state index contributed by atoms with van der Waals surface area (Å²) in [7, 11) is 0. The van der Waals surface area contributed by atoms with Crippen molar-refractivity contribution in [3.63, 3.8) is 0 Å². The zero-order valence-corrected chi connectivity index (χ0v) is 15.3. The van der Waals surface area contributed by atoms with Gasteiger partial charge in [0.25, 0.3) is 11.8 Å². The average molecular weight is 382 g/mol. The maximum absolute atomic E-state index is 12.4. The van der Waals surface area contributed by atoms with E-state index in [0.29, 0.717) is 5.56 Å². The van der Waals surface area contributed by atoms with Crippen LogP contribution >= 0.6 is 22.9 Å². The number of ether oxygens (including phenoxy) is 1. The first-order chi connectivity index (χ1) is 11.7. The van der Waals surface area contributed by atoms with Crippen LogP contribution in [0.15, 0.2) is 18.3 Å². The number of primary amides is 1. The normalized spacial score (nSPS) is 10.6. The van der Waals surface area contributed by atoms with E-state index in [2.05, 4.69) is 10.3 Å². The van der Waals surface area contributed by atoms with Crippen molar-refractivity contribution in [3.8, 4) is 0 Å². The number of anilines is 1. The van der Waals surface area contributed by atoms with Gasteiger partial charge in [-0.1, -0.05) is 11.6 Å². The highest BCUT2D eigenvalue weighted by molar-refractivity contribution is 7.18. The van der Waals surface area contributed by atoms with Gasteiger partial charge in [-0.05, 0) is 38.5 Å². The molecule has 0 saturated heterocycles. The van der Waals surface area contributed by atoms with Gasteiger partial charge in [0.2, 0.25) is 0 Å². The number of aromatic nitrogens is 1. The van der Waals surface area contributed by atoms with E-state index in [1.165, 1.54) is 12.3 Å². The second-order valence-electron chi connectivity index (χ2n) is 5.37. The Morgan fingerprint density at radius 3 is 2.60 bits per heavy atom. The van der Waals surface area contributed by atoms with Gasteiger partial charge < -0.3 is 15.8 Å². The van der Waals surface area contributed by atoms with Gasteiger partial charge in [-0.3, -0.25) is 9.59 Å². The minimum absolute atomic E-state index is 0.0229. The van der Waals surface area contributed by atoms with Crippen LogP contribution in [-0.4, -0.2) is 28.9 Å². The van der Waals surface area contributed by atoms with Crippen LogP contribution in [0.5, 0.6) is 0 Å². The highest BCUT2D eigenvalue weighted by atomic mass is 35.5. The quantitative estimate of drug-likeness (QED) is 0.610. The number of nitrogens with two attached hydrogens (primary N) is 1. The molecule has 0 unspecified atom stereocenters. The van der Waals surface area contributed by atoms with Crippen LogP contribution in [-0.2, 0) is 4.74 Å². The molecule has 9 heteroatoms. The van der Waals surface area contributed by atoms with Crippen molar-refractivity contribution in [1.82, 2.24) is 4.98 Å². The van der Waals surface area contributed by atoms with E-state index in [1.807, 2.05) is 0 Å². The molecule has 0 fully saturated rings. The van der Waals surface area contributed by atoms with Crippen molar-refractivity contribution < 1.29 is 19.1 Å². The standard InChI is InChI=1S/C16H16ClN3O4S/c1-7(2)24-16(23)10-8(3)11(13(18)21)25-15(10)20-14(22)9-5-4-6-19-12(9)17/h4-7H,1-3H3,(H2,18,21)(H,20,22). The monoisotopic (exact) mass is 381 g/mol. The molecule has 2 aromatic rings. The van der Waals surface area contributed by atoms with Crippen LogP contribution < -0.4 is 11.1 Å². The number of pyridine rings is 1. The topological polar surface area (TPSA) is 111 Å². The number of carbonyl (C=O) groups is 3. The second-order valence-corrected chi connectivity index (χ2v) is 6.75. The Kier molecular flexibility index (Phi) is 5.76. The summed E-state index contributed by atoms with van der Waals surface area (Å²) in [6.45, 7) is 4.96. The molecule has 25 heavy (non-hydrogen) atoms. The lowest BCUT2D eigenvalue weighted by Crippen LogP contribution is -2.17. The van der Waals surface area contributed by atoms with E-state index < -0.39 is 17.8 Å². The van der Waals surface area contributed by atoms with Crippen LogP contribution in [0.2, 0.25) is 5.15 Å². The fraction of sp³-hybridized carbons (Fsp3) is 0.250. The van der Waals surface area contributed by atoms with Gasteiger partial charge >= 0.3 is 5.97 Å². The molecule has 0 radical (unpaired) electrons. The summed E-state index contributed by atoms with van der Waals surface area (Å²) in [5.41, 5.74) is 5.93. The van der Waals surface area contributed by atoms with Gasteiger partial charge in [0, 0.05) is 6.20 Å². The van der Waals surface area contributed by atoms with Gasteiger partial charge in [0.1, 0.15) is 10.2 Å². The van der Waals surface area contributed by atoms with Crippen molar-refractivity contribution in [1.29, 1.82) is 0 Å². The lowest BCUT2D eigenvalue weighted by Gasteiger charge is -2.10. The number of esters is 1. The molecule has 2 heterocycles. The Labute approximate surface area is 153 Å². The summed E-state index contributed by atoms with van der Waals surface area (Å²) < 4.78 is 5.19. The third kappa shape index (κ3) is 4.15. The smallest absolute Gasteiger partial charge is 0.341 e. The number of nitrogens with one attached hydrogen (secondary N) is 1. The molecule has 0 aliphatic rings. The Hall–Kier alpha value is -2.45. The molecule has 132 valence electrons. The molecular weight excluding hydrogens is 366 g/mol. The van der Waals surface area contributed by atoms with E-state index in [9.17, 15) is 14.4 Å². The molecule has 0 spiro atoms. The number of thiophene rings is 1. The predicted molar refractivity (Wildman–Crippen MR) is 95.3 cm³/mol. The largest absolute Gasteiger partial charge is 0.459 e. The Balaban J connectivity index is 2.44. The highest BCUT2D eigenvalue weighted by Gasteiger charge is 2.27. The van der Waals surface area contributed by atoms with Crippen molar-refractivity contribution in [2.24, 2.45) is 5.73 Å². The lowest BCUT2D eigenvalue weighted by atomic mass is 10.1. The van der Waals surface area contributed by atoms with Crippen LogP contribution in [0.25, 0.3) is 0 Å². The van der Waals surface area contributed by atoms with Crippen molar-refractivity contribution in [3.05, 3.63) is 45.1 Å². The lowest BCUT2D eigenvalue weighted by molar-refractivity contribution is 0.0379. The first kappa shape index (κ1) is 18.9. The zero-order chi connectivity index (χ0) is 18.7. The van der Waals surface area contributed by atoms with E-state index in [4.69, 9.17) is 22.1 Å². The second kappa shape index (κ2) is 7.62. The molecule has 3 N–H and O–H groups in total. The Morgan fingerprint density at radius 1 is 1.36 bits per heavy atom. The van der Waals surface area contributed by atoms with E-state index in [0.717, 1.165) is 11.3 Å². The van der Waals surface area contributed by atoms with Gasteiger partial charge in [-0.2, -0.15) is 0 Å². The molecule has 0 aliphatic carbocycles. The number of carbonyl (C=O) groups excluding carboxylic acids is 3. The van der Waals surface area contributed by atoms with Crippen LogP contribution in [0, 0.1) is 6.92 Å². The Bertz CT molecular complexity index is 848. The number of hydrogen-bond donors (Lipinski definition) is 2. The molecular formula is C16H16ClN3O4S. The minimum Gasteiger partial charge on any atom is -0.459 e. The number of amides is 2. The minimum atomic E-state index is -0.694. The zero-order valence-electron chi connectivity index (χ0n) is 13.8. The molecule has 7 nitrogen and oxygen atoms in total. The molecule has 2 amide bonds. The summed E-state index contributed by atoms with van der Waals surface area (Å²) in [6.07, 6.45) is 1.09. The molecule has 0 saturated carbocycles. The molecule has 2 rings (SSSR count). The van der Waals surface area contributed by atoms with Crippen LogP contribution in [0.3, 0.4) is 0 Å². The third-order valence-corrected chi connectivity index (χ3v) is 4.67. The van der Waals surface area contributed by atoms with Gasteiger partial charge in [0.15, 0.2) is 0 Å². The number of halogens is 1. The first-order valence-corrected chi connectivity index (χ1v) is 8.47. The molecule has 0 aromatic carbocycles. The summed E-state index contributed by atoms with van der Waals surface area (Å²) in [6, 6.07) is 3.05. The summed E-state index contributed by atoms with van der Waals surface area (Å²) >= 11 is 6.82. The van der Waals surface area contributed by atoms with Crippen molar-refractivity contribution in [2.45, 2.75) is 26.9 Å². The van der Waals surface area contributed by atoms with Gasteiger partial charge in [0.05, 0.1) is 22.1 Å². The summed E-state index contributed by atoms with van der Waals surface area (Å²) in [5, 5.41) is 2.78. The number of hydrogen-bond acceptors (Lipinski definition) is 6. The molecule has 0 aliphatic heterocycles. The fourth-order valence-electron chi connectivity index (χ4n) is 2.08. The number of rotatable bonds is 5. The first-order valence-electron chi connectivity index (χ1n) is 7.28. The summed E-state index contributed by atoms with van der Waals surface area (Å²) in [4.78, 5) is 40.4. The van der Waals surface area contributed by atoms with Gasteiger partial charge in [-0.15, -0.1) is 11.3 Å².